The number of fused-ring (bicyclic) bond motifs is 1. The van der Waals surface area contributed by atoms with E-state index in [1.807, 2.05) is 25.1 Å². The van der Waals surface area contributed by atoms with Crippen molar-refractivity contribution in [2.75, 3.05) is 25.1 Å². The van der Waals surface area contributed by atoms with Crippen LogP contribution in [0.2, 0.25) is 0 Å². The topological polar surface area (TPSA) is 99.9 Å². The van der Waals surface area contributed by atoms with Gasteiger partial charge in [-0.15, -0.1) is 0 Å². The molecular weight excluding hydrogens is 412 g/mol. The quantitative estimate of drug-likeness (QED) is 0.416. The second kappa shape index (κ2) is 10.00. The van der Waals surface area contributed by atoms with Crippen LogP contribution in [0.25, 0.3) is 11.3 Å². The van der Waals surface area contributed by atoms with Gasteiger partial charge in [-0.25, -0.2) is 4.79 Å². The van der Waals surface area contributed by atoms with Crippen molar-refractivity contribution in [1.29, 1.82) is 0 Å². The number of aromatic nitrogens is 1. The van der Waals surface area contributed by atoms with E-state index in [4.69, 9.17) is 18.7 Å². The van der Waals surface area contributed by atoms with E-state index in [0.29, 0.717) is 54.0 Å². The van der Waals surface area contributed by atoms with Crippen LogP contribution in [0.4, 0.5) is 5.69 Å². The molecule has 0 fully saturated rings. The van der Waals surface area contributed by atoms with Crippen molar-refractivity contribution in [3.63, 3.8) is 0 Å². The second-order valence-electron chi connectivity index (χ2n) is 7.33. The molecule has 0 aliphatic carbocycles. The average Bonchev–Trinajstić information content (AvgIpc) is 3.27. The number of unbranched alkanes of at least 4 members (excludes halogenated alkanes) is 1. The Morgan fingerprint density at radius 1 is 1.03 bits per heavy atom. The fourth-order valence-electron chi connectivity index (χ4n) is 3.18. The van der Waals surface area contributed by atoms with Gasteiger partial charge in [0, 0.05) is 17.3 Å². The van der Waals surface area contributed by atoms with Gasteiger partial charge in [0.15, 0.2) is 17.3 Å². The molecule has 1 aliphatic rings. The largest absolute Gasteiger partial charge is 0.486 e. The summed E-state index contributed by atoms with van der Waals surface area (Å²) in [5, 5.41) is 6.78. The van der Waals surface area contributed by atoms with Gasteiger partial charge < -0.3 is 24.1 Å². The summed E-state index contributed by atoms with van der Waals surface area (Å²) in [5.41, 5.74) is 2.31. The van der Waals surface area contributed by atoms with E-state index in [-0.39, 0.29) is 18.3 Å². The predicted octanol–water partition coefficient (Wildman–Crippen LogP) is 4.25. The van der Waals surface area contributed by atoms with Crippen molar-refractivity contribution in [1.82, 2.24) is 5.16 Å². The van der Waals surface area contributed by atoms with Crippen LogP contribution in [0.3, 0.4) is 0 Å². The van der Waals surface area contributed by atoms with E-state index >= 15 is 0 Å². The van der Waals surface area contributed by atoms with Crippen LogP contribution in [-0.4, -0.2) is 36.9 Å². The number of amides is 1. The average molecular weight is 436 g/mol. The normalized spacial score (nSPS) is 12.3. The molecule has 2 heterocycles. The molecule has 0 saturated heterocycles. The van der Waals surface area contributed by atoms with Crippen molar-refractivity contribution in [3.05, 3.63) is 59.8 Å². The number of carbonyl (C=O) groups is 2. The first kappa shape index (κ1) is 21.4. The van der Waals surface area contributed by atoms with Crippen LogP contribution >= 0.6 is 0 Å². The van der Waals surface area contributed by atoms with Crippen molar-refractivity contribution in [2.45, 2.75) is 26.2 Å². The lowest BCUT2D eigenvalue weighted by Gasteiger charge is -2.18. The van der Waals surface area contributed by atoms with Gasteiger partial charge in [-0.3, -0.25) is 4.79 Å². The number of benzene rings is 2. The summed E-state index contributed by atoms with van der Waals surface area (Å²) in [6.07, 6.45) is 1.84. The zero-order valence-electron chi connectivity index (χ0n) is 17.8. The summed E-state index contributed by atoms with van der Waals surface area (Å²) in [5.74, 6) is 1.27. The van der Waals surface area contributed by atoms with Gasteiger partial charge in [0.25, 0.3) is 0 Å². The lowest BCUT2D eigenvalue weighted by Crippen LogP contribution is -2.15. The highest BCUT2D eigenvalue weighted by molar-refractivity contribution is 5.94. The third kappa shape index (κ3) is 5.26. The molecule has 1 aromatic heterocycles. The van der Waals surface area contributed by atoms with Crippen molar-refractivity contribution in [3.8, 4) is 22.8 Å². The van der Waals surface area contributed by atoms with Crippen LogP contribution in [0, 0.1) is 0 Å². The van der Waals surface area contributed by atoms with E-state index in [9.17, 15) is 9.59 Å². The smallest absolute Gasteiger partial charge is 0.338 e. The van der Waals surface area contributed by atoms with Crippen LogP contribution in [0.5, 0.6) is 11.5 Å². The van der Waals surface area contributed by atoms with Crippen molar-refractivity contribution in [2.24, 2.45) is 0 Å². The summed E-state index contributed by atoms with van der Waals surface area (Å²) in [6.45, 7) is 3.46. The van der Waals surface area contributed by atoms with E-state index in [1.165, 1.54) is 0 Å². The summed E-state index contributed by atoms with van der Waals surface area (Å²) in [4.78, 5) is 24.3. The molecular formula is C24H24N2O6. The molecule has 8 nitrogen and oxygen atoms in total. The maximum Gasteiger partial charge on any atom is 0.338 e. The SMILES string of the molecule is CCCCOC(=O)c1ccc(NC(=O)Cc2cc(-c3ccc4c(c3)OCCO4)on2)cc1. The lowest BCUT2D eigenvalue weighted by atomic mass is 10.1. The lowest BCUT2D eigenvalue weighted by molar-refractivity contribution is -0.115. The molecule has 0 bridgehead atoms. The first-order valence-corrected chi connectivity index (χ1v) is 10.5. The molecule has 8 heteroatoms. The fourth-order valence-corrected chi connectivity index (χ4v) is 3.18. The van der Waals surface area contributed by atoms with Crippen LogP contribution < -0.4 is 14.8 Å². The standard InChI is InChI=1S/C24H24N2O6/c1-2-3-10-31-24(28)16-4-7-18(8-5-16)25-23(27)15-19-14-21(32-26-19)17-6-9-20-22(13-17)30-12-11-29-20/h4-9,13-14H,2-3,10-12,15H2,1H3,(H,25,27). The zero-order valence-corrected chi connectivity index (χ0v) is 17.8. The Balaban J connectivity index is 1.33. The molecule has 166 valence electrons. The Morgan fingerprint density at radius 2 is 1.81 bits per heavy atom. The molecule has 0 radical (unpaired) electrons. The number of nitrogens with zero attached hydrogens (tertiary/aromatic N) is 1. The van der Waals surface area contributed by atoms with E-state index in [0.717, 1.165) is 18.4 Å². The minimum atomic E-state index is -0.370. The number of hydrogen-bond donors (Lipinski definition) is 1. The summed E-state index contributed by atoms with van der Waals surface area (Å²) < 4.78 is 21.7. The van der Waals surface area contributed by atoms with E-state index in [1.54, 1.807) is 30.3 Å². The molecule has 2 aromatic carbocycles. The molecule has 0 unspecified atom stereocenters. The highest BCUT2D eigenvalue weighted by Gasteiger charge is 2.16. The fraction of sp³-hybridized carbons (Fsp3) is 0.292. The summed E-state index contributed by atoms with van der Waals surface area (Å²) >= 11 is 0. The Morgan fingerprint density at radius 3 is 2.59 bits per heavy atom. The Bertz CT molecular complexity index is 1090. The number of esters is 1. The third-order valence-corrected chi connectivity index (χ3v) is 4.86. The molecule has 3 aromatic rings. The van der Waals surface area contributed by atoms with Gasteiger partial charge >= 0.3 is 5.97 Å². The van der Waals surface area contributed by atoms with Crippen LogP contribution in [-0.2, 0) is 16.0 Å². The van der Waals surface area contributed by atoms with Crippen molar-refractivity contribution >= 4 is 17.6 Å². The number of nitrogens with one attached hydrogen (secondary N) is 1. The molecule has 4 rings (SSSR count). The first-order chi connectivity index (χ1) is 15.6. The molecule has 1 aliphatic heterocycles. The van der Waals surface area contributed by atoms with Gasteiger partial charge in [-0.1, -0.05) is 18.5 Å². The monoisotopic (exact) mass is 436 g/mol. The number of rotatable bonds is 8. The minimum Gasteiger partial charge on any atom is -0.486 e. The molecule has 1 amide bonds. The third-order valence-electron chi connectivity index (χ3n) is 4.86. The predicted molar refractivity (Wildman–Crippen MR) is 117 cm³/mol. The van der Waals surface area contributed by atoms with Gasteiger partial charge in [0.1, 0.15) is 13.2 Å². The zero-order chi connectivity index (χ0) is 22.3. The van der Waals surface area contributed by atoms with Crippen molar-refractivity contribution < 1.29 is 28.3 Å². The molecule has 0 atom stereocenters. The number of anilines is 1. The van der Waals surface area contributed by atoms with Gasteiger partial charge in [0.05, 0.1) is 24.3 Å². The summed E-state index contributed by atoms with van der Waals surface area (Å²) in [6, 6.07) is 13.8. The number of carbonyl (C=O) groups excluding carboxylic acids is 2. The summed E-state index contributed by atoms with van der Waals surface area (Å²) in [7, 11) is 0. The maximum absolute atomic E-state index is 12.4. The Hall–Kier alpha value is -3.81. The van der Waals surface area contributed by atoms with Gasteiger partial charge in [-0.2, -0.15) is 0 Å². The van der Waals surface area contributed by atoms with Crippen LogP contribution in [0.15, 0.2) is 53.1 Å². The Kier molecular flexibility index (Phi) is 6.69. The molecule has 0 saturated carbocycles. The maximum atomic E-state index is 12.4. The van der Waals surface area contributed by atoms with Gasteiger partial charge in [0.2, 0.25) is 5.91 Å². The molecule has 0 spiro atoms. The highest BCUT2D eigenvalue weighted by Crippen LogP contribution is 2.34. The minimum absolute atomic E-state index is 0.0505. The highest BCUT2D eigenvalue weighted by atomic mass is 16.6. The first-order valence-electron chi connectivity index (χ1n) is 10.5. The van der Waals surface area contributed by atoms with E-state index in [2.05, 4.69) is 10.5 Å². The van der Waals surface area contributed by atoms with Crippen LogP contribution in [0.1, 0.15) is 35.8 Å². The Labute approximate surface area is 185 Å². The number of hydrogen-bond acceptors (Lipinski definition) is 7. The van der Waals surface area contributed by atoms with E-state index < -0.39 is 0 Å². The number of ether oxygens (including phenoxy) is 3. The molecule has 1 N–H and O–H groups in total. The second-order valence-corrected chi connectivity index (χ2v) is 7.33. The molecule has 32 heavy (non-hydrogen) atoms. The van der Waals surface area contributed by atoms with Gasteiger partial charge in [-0.05, 0) is 48.9 Å².